The molecule has 1 atom stereocenters. The summed E-state index contributed by atoms with van der Waals surface area (Å²) in [5, 5.41) is 5.93. The number of methoxy groups -OCH3 is 1. The van der Waals surface area contributed by atoms with Crippen molar-refractivity contribution in [3.63, 3.8) is 0 Å². The van der Waals surface area contributed by atoms with Gasteiger partial charge >= 0.3 is 6.09 Å². The topological polar surface area (TPSA) is 69.5 Å². The Bertz CT molecular complexity index is 1050. The van der Waals surface area contributed by atoms with E-state index in [1.165, 1.54) is 0 Å². The molecule has 1 unspecified atom stereocenters. The van der Waals surface area contributed by atoms with Crippen LogP contribution in [0.15, 0.2) is 42.6 Å². The van der Waals surface area contributed by atoms with Gasteiger partial charge in [0.25, 0.3) is 0 Å². The zero-order chi connectivity index (χ0) is 21.3. The summed E-state index contributed by atoms with van der Waals surface area (Å²) in [4.78, 5) is 19.0. The number of piperidine rings is 1. The highest BCUT2D eigenvalue weighted by molar-refractivity contribution is 5.91. The third kappa shape index (κ3) is 4.10. The number of carbonyl (C=O) groups is 1. The highest BCUT2D eigenvalue weighted by atomic mass is 16.6. The molecule has 1 amide bonds. The van der Waals surface area contributed by atoms with Crippen LogP contribution in [0.5, 0.6) is 5.75 Å². The van der Waals surface area contributed by atoms with Crippen LogP contribution in [0.4, 0.5) is 4.79 Å². The van der Waals surface area contributed by atoms with E-state index in [9.17, 15) is 4.79 Å². The molecule has 0 radical (unpaired) electrons. The average molecular weight is 409 g/mol. The number of carbonyl (C=O) groups excluding carboxylic acids is 1. The van der Waals surface area contributed by atoms with Crippen LogP contribution in [0, 0.1) is 0 Å². The molecule has 3 aromatic rings. The molecule has 0 N–H and O–H groups in total. The van der Waals surface area contributed by atoms with Crippen molar-refractivity contribution in [3.8, 4) is 17.0 Å². The molecule has 0 aliphatic carbocycles. The molecular formula is C23H28N4O3. The maximum atomic E-state index is 12.6. The van der Waals surface area contributed by atoms with Crippen molar-refractivity contribution in [1.29, 1.82) is 0 Å². The zero-order valence-corrected chi connectivity index (χ0v) is 18.0. The Morgan fingerprint density at radius 1 is 1.20 bits per heavy atom. The summed E-state index contributed by atoms with van der Waals surface area (Å²) in [6, 6.07) is 11.9. The molecule has 7 nitrogen and oxygen atoms in total. The van der Waals surface area contributed by atoms with Gasteiger partial charge in [0.05, 0.1) is 13.2 Å². The van der Waals surface area contributed by atoms with Crippen LogP contribution in [0.3, 0.4) is 0 Å². The lowest BCUT2D eigenvalue weighted by atomic mass is 10.1. The third-order valence-corrected chi connectivity index (χ3v) is 5.20. The first-order chi connectivity index (χ1) is 14.4. The molecular weight excluding hydrogens is 380 g/mol. The molecule has 0 bridgehead atoms. The van der Waals surface area contributed by atoms with E-state index in [-0.39, 0.29) is 12.1 Å². The summed E-state index contributed by atoms with van der Waals surface area (Å²) in [6.07, 6.45) is 3.34. The molecule has 1 aliphatic rings. The van der Waals surface area contributed by atoms with E-state index in [2.05, 4.69) is 4.98 Å². The molecule has 30 heavy (non-hydrogen) atoms. The van der Waals surface area contributed by atoms with Crippen LogP contribution in [-0.2, 0) is 4.74 Å². The second kappa shape index (κ2) is 7.97. The van der Waals surface area contributed by atoms with E-state index in [0.717, 1.165) is 40.9 Å². The van der Waals surface area contributed by atoms with Crippen molar-refractivity contribution < 1.29 is 14.3 Å². The number of likely N-dealkylation sites (tertiary alicyclic amines) is 1. The van der Waals surface area contributed by atoms with Crippen LogP contribution >= 0.6 is 0 Å². The molecule has 2 aromatic heterocycles. The van der Waals surface area contributed by atoms with Crippen LogP contribution in [0.2, 0.25) is 0 Å². The Labute approximate surface area is 176 Å². The number of nitrogens with zero attached hydrogens (tertiary/aromatic N) is 4. The standard InChI is InChI=1S/C23H28N4O3/c1-23(2,3)30-22(28)26-13-7-9-17(15-26)27-21-19(11-6-12-24-21)20(25-27)16-8-5-10-18(14-16)29-4/h5-6,8,10-12,14,17H,7,9,13,15H2,1-4H3. The van der Waals surface area contributed by atoms with Crippen molar-refractivity contribution in [1.82, 2.24) is 19.7 Å². The van der Waals surface area contributed by atoms with Crippen LogP contribution in [0.25, 0.3) is 22.3 Å². The third-order valence-electron chi connectivity index (χ3n) is 5.20. The quantitative estimate of drug-likeness (QED) is 0.629. The van der Waals surface area contributed by atoms with Gasteiger partial charge in [-0.3, -0.25) is 0 Å². The molecule has 158 valence electrons. The Morgan fingerprint density at radius 3 is 2.80 bits per heavy atom. The molecule has 7 heteroatoms. The van der Waals surface area contributed by atoms with Gasteiger partial charge in [-0.05, 0) is 57.9 Å². The largest absolute Gasteiger partial charge is 0.497 e. The van der Waals surface area contributed by atoms with Gasteiger partial charge in [0.2, 0.25) is 0 Å². The molecule has 1 aliphatic heterocycles. The molecule has 1 fully saturated rings. The minimum absolute atomic E-state index is 0.0445. The lowest BCUT2D eigenvalue weighted by Gasteiger charge is -2.34. The number of amides is 1. The SMILES string of the molecule is COc1cccc(-c2nn(C3CCCN(C(=O)OC(C)(C)C)C3)c3ncccc23)c1. The lowest BCUT2D eigenvalue weighted by molar-refractivity contribution is 0.0169. The molecule has 0 saturated carbocycles. The van der Waals surface area contributed by atoms with Crippen molar-refractivity contribution in [2.45, 2.75) is 45.3 Å². The first kappa shape index (κ1) is 20.2. The maximum absolute atomic E-state index is 12.6. The first-order valence-electron chi connectivity index (χ1n) is 10.3. The van der Waals surface area contributed by atoms with Crippen LogP contribution in [0.1, 0.15) is 39.7 Å². The number of rotatable bonds is 3. The number of hydrogen-bond acceptors (Lipinski definition) is 5. The van der Waals surface area contributed by atoms with Crippen LogP contribution < -0.4 is 4.74 Å². The second-order valence-corrected chi connectivity index (χ2v) is 8.62. The molecule has 0 spiro atoms. The fourth-order valence-corrected chi connectivity index (χ4v) is 3.86. The summed E-state index contributed by atoms with van der Waals surface area (Å²) >= 11 is 0. The normalized spacial score (nSPS) is 17.2. The van der Waals surface area contributed by atoms with Gasteiger partial charge < -0.3 is 14.4 Å². The van der Waals surface area contributed by atoms with Crippen molar-refractivity contribution in [2.24, 2.45) is 0 Å². The minimum Gasteiger partial charge on any atom is -0.497 e. The van der Waals surface area contributed by atoms with E-state index in [0.29, 0.717) is 13.1 Å². The summed E-state index contributed by atoms with van der Waals surface area (Å²) in [7, 11) is 1.66. The van der Waals surface area contributed by atoms with E-state index < -0.39 is 5.60 Å². The lowest BCUT2D eigenvalue weighted by Crippen LogP contribution is -2.43. The highest BCUT2D eigenvalue weighted by Gasteiger charge is 2.30. The summed E-state index contributed by atoms with van der Waals surface area (Å²) in [5.41, 5.74) is 2.16. The number of aromatic nitrogens is 3. The Balaban J connectivity index is 1.68. The predicted octanol–water partition coefficient (Wildman–Crippen LogP) is 4.68. The smallest absolute Gasteiger partial charge is 0.410 e. The summed E-state index contributed by atoms with van der Waals surface area (Å²) < 4.78 is 12.9. The van der Waals surface area contributed by atoms with Crippen molar-refractivity contribution >= 4 is 17.1 Å². The van der Waals surface area contributed by atoms with Gasteiger partial charge in [0.15, 0.2) is 5.65 Å². The van der Waals surface area contributed by atoms with Gasteiger partial charge in [0.1, 0.15) is 17.0 Å². The Morgan fingerprint density at radius 2 is 2.03 bits per heavy atom. The minimum atomic E-state index is -0.510. The van der Waals surface area contributed by atoms with E-state index >= 15 is 0 Å². The summed E-state index contributed by atoms with van der Waals surface area (Å²) in [5.74, 6) is 0.785. The molecule has 4 rings (SSSR count). The zero-order valence-electron chi connectivity index (χ0n) is 18.0. The van der Waals surface area contributed by atoms with Gasteiger partial charge in [0, 0.05) is 30.2 Å². The molecule has 3 heterocycles. The number of ether oxygens (including phenoxy) is 2. The second-order valence-electron chi connectivity index (χ2n) is 8.62. The van der Waals surface area contributed by atoms with Crippen molar-refractivity contribution in [2.75, 3.05) is 20.2 Å². The number of fused-ring (bicyclic) bond motifs is 1. The predicted molar refractivity (Wildman–Crippen MR) is 116 cm³/mol. The number of hydrogen-bond donors (Lipinski definition) is 0. The Kier molecular flexibility index (Phi) is 5.37. The monoisotopic (exact) mass is 408 g/mol. The van der Waals surface area contributed by atoms with Gasteiger partial charge in [-0.2, -0.15) is 5.10 Å². The van der Waals surface area contributed by atoms with E-state index in [1.807, 2.05) is 61.9 Å². The van der Waals surface area contributed by atoms with Gasteiger partial charge in [-0.1, -0.05) is 12.1 Å². The fraction of sp³-hybridized carbons (Fsp3) is 0.435. The average Bonchev–Trinajstić information content (AvgIpc) is 3.12. The molecule has 1 saturated heterocycles. The molecule has 1 aromatic carbocycles. The number of benzene rings is 1. The summed E-state index contributed by atoms with van der Waals surface area (Å²) in [6.45, 7) is 6.91. The van der Waals surface area contributed by atoms with Crippen LogP contribution in [-0.4, -0.2) is 51.6 Å². The van der Waals surface area contributed by atoms with Gasteiger partial charge in [-0.15, -0.1) is 0 Å². The fourth-order valence-electron chi connectivity index (χ4n) is 3.86. The number of pyridine rings is 1. The van der Waals surface area contributed by atoms with Crippen molar-refractivity contribution in [3.05, 3.63) is 42.6 Å². The highest BCUT2D eigenvalue weighted by Crippen LogP contribution is 2.33. The maximum Gasteiger partial charge on any atom is 0.410 e. The first-order valence-corrected chi connectivity index (χ1v) is 10.3. The Hall–Kier alpha value is -3.09. The van der Waals surface area contributed by atoms with E-state index in [4.69, 9.17) is 14.6 Å². The van der Waals surface area contributed by atoms with E-state index in [1.54, 1.807) is 18.2 Å². The van der Waals surface area contributed by atoms with Gasteiger partial charge in [-0.25, -0.2) is 14.5 Å².